The van der Waals surface area contributed by atoms with Gasteiger partial charge in [0.1, 0.15) is 0 Å². The summed E-state index contributed by atoms with van der Waals surface area (Å²) in [5.41, 5.74) is 10.2. The number of nitrogens with zero attached hydrogens (tertiary/aromatic N) is 2. The van der Waals surface area contributed by atoms with E-state index in [1.165, 1.54) is 0 Å². The predicted molar refractivity (Wildman–Crippen MR) is 273 cm³/mol. The topological polar surface area (TPSA) is 228 Å². The number of methoxy groups -OCH3 is 1. The maximum atomic E-state index is 13.5. The second-order valence-electron chi connectivity index (χ2n) is 15.8. The van der Waals surface area contributed by atoms with E-state index in [1.54, 1.807) is 31.5 Å². The summed E-state index contributed by atoms with van der Waals surface area (Å²) in [6, 6.07) is 16.5. The van der Waals surface area contributed by atoms with Crippen LogP contribution in [0.4, 0.5) is 11.4 Å². The molecule has 0 radical (unpaired) electrons. The molecule has 0 aliphatic heterocycles. The molecule has 0 saturated heterocycles. The third-order valence-electron chi connectivity index (χ3n) is 10.5. The molecular formula is C52H81N5O15. The van der Waals surface area contributed by atoms with Gasteiger partial charge in [-0.05, 0) is 74.7 Å². The number of aryl methyl sites for hydroxylation is 1. The molecule has 1 heterocycles. The molecular weight excluding hydrogens is 935 g/mol. The van der Waals surface area contributed by atoms with E-state index >= 15 is 0 Å². The Bertz CT molecular complexity index is 1880. The maximum Gasteiger partial charge on any atom is 0.255 e. The van der Waals surface area contributed by atoms with Crippen molar-refractivity contribution in [2.75, 3.05) is 189 Å². The van der Waals surface area contributed by atoms with E-state index in [0.717, 1.165) is 37.2 Å². The Kier molecular flexibility index (Phi) is 35.7. The zero-order valence-corrected chi connectivity index (χ0v) is 42.9. The van der Waals surface area contributed by atoms with E-state index < -0.39 is 5.91 Å². The van der Waals surface area contributed by atoms with Crippen molar-refractivity contribution in [3.63, 3.8) is 0 Å². The SMILES string of the molecule is CCN(CC)c1ccc(NC(=O)c2cccc(CCCOCCOCCOCCOCCC(=O)NCCOCCOCCOCCOCCOCCOCCOCCOC)c2)c(-c2cc(C(N)=O)ccn2)c1. The van der Waals surface area contributed by atoms with Crippen molar-refractivity contribution in [2.24, 2.45) is 5.73 Å². The smallest absolute Gasteiger partial charge is 0.255 e. The molecule has 0 saturated carbocycles. The second kappa shape index (κ2) is 41.8. The minimum Gasteiger partial charge on any atom is -0.382 e. The van der Waals surface area contributed by atoms with Gasteiger partial charge in [0.15, 0.2) is 0 Å². The number of pyridine rings is 1. The van der Waals surface area contributed by atoms with Gasteiger partial charge < -0.3 is 78.1 Å². The van der Waals surface area contributed by atoms with Crippen molar-refractivity contribution in [2.45, 2.75) is 33.1 Å². The molecule has 0 spiro atoms. The van der Waals surface area contributed by atoms with Crippen LogP contribution in [0.2, 0.25) is 0 Å². The van der Waals surface area contributed by atoms with Gasteiger partial charge in [-0.25, -0.2) is 0 Å². The Labute approximate surface area is 426 Å². The number of hydrogen-bond acceptors (Lipinski definition) is 17. The van der Waals surface area contributed by atoms with Crippen LogP contribution < -0.4 is 21.3 Å². The van der Waals surface area contributed by atoms with Gasteiger partial charge in [0.05, 0.1) is 157 Å². The summed E-state index contributed by atoms with van der Waals surface area (Å²) in [5.74, 6) is -0.914. The van der Waals surface area contributed by atoms with Crippen LogP contribution in [0.5, 0.6) is 0 Å². The van der Waals surface area contributed by atoms with E-state index in [0.29, 0.717) is 187 Å². The lowest BCUT2D eigenvalue weighted by Gasteiger charge is -2.23. The Morgan fingerprint density at radius 3 is 1.57 bits per heavy atom. The number of hydrogen-bond donors (Lipinski definition) is 3. The fourth-order valence-corrected chi connectivity index (χ4v) is 6.65. The summed E-state index contributed by atoms with van der Waals surface area (Å²) in [6.45, 7) is 16.9. The van der Waals surface area contributed by atoms with Crippen LogP contribution in [0.25, 0.3) is 11.3 Å². The van der Waals surface area contributed by atoms with E-state index in [4.69, 9.17) is 62.6 Å². The third-order valence-corrected chi connectivity index (χ3v) is 10.5. The molecule has 0 aliphatic rings. The van der Waals surface area contributed by atoms with Crippen molar-refractivity contribution in [1.82, 2.24) is 10.3 Å². The highest BCUT2D eigenvalue weighted by Gasteiger charge is 2.16. The molecule has 1 aromatic heterocycles. The molecule has 0 aliphatic carbocycles. The summed E-state index contributed by atoms with van der Waals surface area (Å²) in [4.78, 5) is 44.2. The molecule has 404 valence electrons. The number of amides is 3. The average molecular weight is 1020 g/mol. The quantitative estimate of drug-likeness (QED) is 0.0673. The first kappa shape index (κ1) is 61.6. The standard InChI is InChI=1S/C52H81N5O15/c1-4-57(5-2)46-11-12-48(47(42-46)49-41-44(51(53)59)13-15-54-49)56-52(60)45-10-6-8-43(40-45)9-7-17-62-22-25-66-30-31-67-26-23-63-18-14-50(58)55-16-19-64-24-27-68-32-33-70-36-37-72-39-38-71-35-34-69-29-28-65-21-20-61-3/h6,8,10-13,15,40-42H,4-5,7,9,14,16-39H2,1-3H3,(H2,53,59)(H,55,58)(H,56,60). The number of primary amides is 1. The van der Waals surface area contributed by atoms with Gasteiger partial charge in [-0.2, -0.15) is 0 Å². The largest absolute Gasteiger partial charge is 0.382 e. The number of rotatable bonds is 47. The molecule has 3 aromatic rings. The van der Waals surface area contributed by atoms with Gasteiger partial charge in [-0.1, -0.05) is 12.1 Å². The lowest BCUT2D eigenvalue weighted by atomic mass is 10.0. The molecule has 72 heavy (non-hydrogen) atoms. The van der Waals surface area contributed by atoms with E-state index in [-0.39, 0.29) is 18.2 Å². The number of nitrogens with one attached hydrogen (secondary N) is 2. The molecule has 2 aromatic carbocycles. The summed E-state index contributed by atoms with van der Waals surface area (Å²) in [5, 5.41) is 5.86. The first-order chi connectivity index (χ1) is 35.4. The second-order valence-corrected chi connectivity index (χ2v) is 15.8. The van der Waals surface area contributed by atoms with Crippen LogP contribution in [-0.2, 0) is 68.1 Å². The minimum atomic E-state index is -0.552. The Hall–Kier alpha value is -4.68. The molecule has 4 N–H and O–H groups in total. The van der Waals surface area contributed by atoms with Crippen molar-refractivity contribution in [3.05, 3.63) is 77.5 Å². The van der Waals surface area contributed by atoms with E-state index in [9.17, 15) is 14.4 Å². The number of carbonyl (C=O) groups excluding carboxylic acids is 3. The van der Waals surface area contributed by atoms with Gasteiger partial charge in [0.2, 0.25) is 11.8 Å². The summed E-state index contributed by atoms with van der Waals surface area (Å²) in [6.07, 6.45) is 3.31. The van der Waals surface area contributed by atoms with Crippen LogP contribution in [0, 0.1) is 0 Å². The zero-order valence-electron chi connectivity index (χ0n) is 42.9. The highest BCUT2D eigenvalue weighted by molar-refractivity contribution is 6.06. The summed E-state index contributed by atoms with van der Waals surface area (Å²) in [7, 11) is 1.64. The lowest BCUT2D eigenvalue weighted by molar-refractivity contribution is -0.122. The number of nitrogens with two attached hydrogens (primary N) is 1. The van der Waals surface area contributed by atoms with Crippen molar-refractivity contribution in [3.8, 4) is 11.3 Å². The zero-order chi connectivity index (χ0) is 51.5. The number of carbonyl (C=O) groups is 3. The van der Waals surface area contributed by atoms with Gasteiger partial charge in [-0.3, -0.25) is 19.4 Å². The fraction of sp³-hybridized carbons (Fsp3) is 0.615. The van der Waals surface area contributed by atoms with Gasteiger partial charge in [0.25, 0.3) is 5.91 Å². The number of ether oxygens (including phenoxy) is 12. The fourth-order valence-electron chi connectivity index (χ4n) is 6.65. The number of anilines is 2. The van der Waals surface area contributed by atoms with Gasteiger partial charge in [-0.15, -0.1) is 0 Å². The molecule has 0 bridgehead atoms. The first-order valence-corrected chi connectivity index (χ1v) is 25.0. The van der Waals surface area contributed by atoms with Crippen molar-refractivity contribution in [1.29, 1.82) is 0 Å². The first-order valence-electron chi connectivity index (χ1n) is 25.0. The maximum absolute atomic E-state index is 13.5. The molecule has 0 atom stereocenters. The lowest BCUT2D eigenvalue weighted by Crippen LogP contribution is -2.28. The normalized spacial score (nSPS) is 11.3. The molecule has 20 nitrogen and oxygen atoms in total. The van der Waals surface area contributed by atoms with Gasteiger partial charge in [0, 0.05) is 68.3 Å². The van der Waals surface area contributed by atoms with E-state index in [2.05, 4.69) is 34.4 Å². The van der Waals surface area contributed by atoms with Crippen LogP contribution in [0.1, 0.15) is 53.0 Å². The summed E-state index contributed by atoms with van der Waals surface area (Å²) >= 11 is 0. The monoisotopic (exact) mass is 1020 g/mol. The number of benzene rings is 2. The highest BCUT2D eigenvalue weighted by Crippen LogP contribution is 2.32. The molecule has 20 heteroatoms. The van der Waals surface area contributed by atoms with Crippen LogP contribution >= 0.6 is 0 Å². The van der Waals surface area contributed by atoms with Gasteiger partial charge >= 0.3 is 0 Å². The number of aromatic nitrogens is 1. The van der Waals surface area contributed by atoms with Crippen molar-refractivity contribution >= 4 is 29.1 Å². The molecule has 3 amide bonds. The van der Waals surface area contributed by atoms with Crippen LogP contribution in [-0.4, -0.2) is 201 Å². The van der Waals surface area contributed by atoms with Crippen LogP contribution in [0.15, 0.2) is 60.8 Å². The van der Waals surface area contributed by atoms with E-state index in [1.807, 2.05) is 36.4 Å². The minimum absolute atomic E-state index is 0.107. The average Bonchev–Trinajstić information content (AvgIpc) is 3.39. The molecule has 0 unspecified atom stereocenters. The Morgan fingerprint density at radius 1 is 0.556 bits per heavy atom. The third kappa shape index (κ3) is 29.1. The summed E-state index contributed by atoms with van der Waals surface area (Å²) < 4.78 is 65.4. The Balaban J connectivity index is 1.08. The van der Waals surface area contributed by atoms with Crippen molar-refractivity contribution < 1.29 is 71.2 Å². The van der Waals surface area contributed by atoms with Crippen LogP contribution in [0.3, 0.4) is 0 Å². The highest BCUT2D eigenvalue weighted by atomic mass is 16.6. The molecule has 3 rings (SSSR count). The predicted octanol–water partition coefficient (Wildman–Crippen LogP) is 4.21. The Morgan fingerprint density at radius 2 is 1.06 bits per heavy atom. The molecule has 0 fully saturated rings.